The van der Waals surface area contributed by atoms with Gasteiger partial charge in [-0.25, -0.2) is 14.4 Å². The third-order valence-corrected chi connectivity index (χ3v) is 3.11. The zero-order chi connectivity index (χ0) is 13.8. The van der Waals surface area contributed by atoms with Gasteiger partial charge in [0.2, 0.25) is 0 Å². The minimum atomic E-state index is -0.0867. The summed E-state index contributed by atoms with van der Waals surface area (Å²) in [6, 6.07) is 5.67. The van der Waals surface area contributed by atoms with Crippen molar-refractivity contribution < 1.29 is 4.39 Å². The highest BCUT2D eigenvalue weighted by Crippen LogP contribution is 2.19. The first-order valence-corrected chi connectivity index (χ1v) is 6.64. The first-order valence-electron chi connectivity index (χ1n) is 6.64. The van der Waals surface area contributed by atoms with Crippen LogP contribution in [0.5, 0.6) is 0 Å². The van der Waals surface area contributed by atoms with Crippen LogP contribution < -0.4 is 0 Å². The molecule has 3 nitrogen and oxygen atoms in total. The predicted octanol–water partition coefficient (Wildman–Crippen LogP) is 2.98. The van der Waals surface area contributed by atoms with Crippen molar-refractivity contribution in [1.82, 2.24) is 14.5 Å². The van der Waals surface area contributed by atoms with Gasteiger partial charge >= 0.3 is 0 Å². The van der Waals surface area contributed by atoms with Gasteiger partial charge in [0.1, 0.15) is 17.3 Å². The van der Waals surface area contributed by atoms with E-state index in [2.05, 4.69) is 21.8 Å². The van der Waals surface area contributed by atoms with E-state index in [1.165, 1.54) is 6.20 Å². The van der Waals surface area contributed by atoms with E-state index in [9.17, 15) is 4.39 Å². The van der Waals surface area contributed by atoms with E-state index in [0.717, 1.165) is 30.1 Å². The molecule has 3 rings (SSSR count). The highest BCUT2D eigenvalue weighted by atomic mass is 19.1. The van der Waals surface area contributed by atoms with Gasteiger partial charge in [0.15, 0.2) is 0 Å². The summed E-state index contributed by atoms with van der Waals surface area (Å²) in [7, 11) is 0. The normalized spacial score (nSPS) is 13.2. The third-order valence-electron chi connectivity index (χ3n) is 3.11. The summed E-state index contributed by atoms with van der Waals surface area (Å²) in [5.74, 6) is 6.95. The van der Waals surface area contributed by atoms with Crippen molar-refractivity contribution in [3.8, 4) is 11.8 Å². The number of fused-ring (bicyclic) bond motifs is 1. The summed E-state index contributed by atoms with van der Waals surface area (Å²) < 4.78 is 14.9. The Morgan fingerprint density at radius 2 is 2.25 bits per heavy atom. The topological polar surface area (TPSA) is 30.7 Å². The number of imidazole rings is 1. The van der Waals surface area contributed by atoms with Crippen LogP contribution in [0.25, 0.3) is 6.20 Å². The molecule has 0 aromatic carbocycles. The van der Waals surface area contributed by atoms with Crippen molar-refractivity contribution in [2.24, 2.45) is 0 Å². The lowest BCUT2D eigenvalue weighted by Crippen LogP contribution is -2.02. The molecule has 0 saturated heterocycles. The molecule has 1 aliphatic rings. The van der Waals surface area contributed by atoms with Gasteiger partial charge in [0, 0.05) is 44.3 Å². The molecule has 2 aromatic heterocycles. The van der Waals surface area contributed by atoms with Gasteiger partial charge in [-0.15, -0.1) is 0 Å². The molecule has 100 valence electrons. The molecule has 0 aliphatic carbocycles. The molecule has 0 N–H and O–H groups in total. The quantitative estimate of drug-likeness (QED) is 0.783. The number of nitrogens with zero attached hydrogens (tertiary/aromatic N) is 3. The van der Waals surface area contributed by atoms with Crippen LogP contribution in [-0.2, 0) is 12.8 Å². The summed E-state index contributed by atoms with van der Waals surface area (Å²) in [4.78, 5) is 8.64. The zero-order valence-electron chi connectivity index (χ0n) is 11.0. The summed E-state index contributed by atoms with van der Waals surface area (Å²) >= 11 is 0. The zero-order valence-corrected chi connectivity index (χ0v) is 11.0. The lowest BCUT2D eigenvalue weighted by Gasteiger charge is -2.07. The highest BCUT2D eigenvalue weighted by molar-refractivity contribution is 5.34. The van der Waals surface area contributed by atoms with E-state index in [0.29, 0.717) is 12.8 Å². The predicted molar refractivity (Wildman–Crippen MR) is 75.4 cm³/mol. The van der Waals surface area contributed by atoms with E-state index in [1.807, 2.05) is 24.4 Å². The molecule has 0 bridgehead atoms. The Morgan fingerprint density at radius 3 is 3.10 bits per heavy atom. The molecular weight excluding hydrogens is 253 g/mol. The van der Waals surface area contributed by atoms with Gasteiger partial charge in [-0.2, -0.15) is 0 Å². The number of aryl methyl sites for hydroxylation is 2. The number of hydrogen-bond acceptors (Lipinski definition) is 2. The van der Waals surface area contributed by atoms with E-state index >= 15 is 0 Å². The van der Waals surface area contributed by atoms with Crippen LogP contribution in [0.4, 0.5) is 4.39 Å². The molecule has 0 amide bonds. The van der Waals surface area contributed by atoms with E-state index in [4.69, 9.17) is 0 Å². The van der Waals surface area contributed by atoms with E-state index in [-0.39, 0.29) is 5.83 Å². The van der Waals surface area contributed by atoms with Crippen LogP contribution >= 0.6 is 0 Å². The van der Waals surface area contributed by atoms with Gasteiger partial charge in [-0.1, -0.05) is 12.0 Å². The van der Waals surface area contributed by atoms with Crippen molar-refractivity contribution in [2.75, 3.05) is 0 Å². The second-order valence-electron chi connectivity index (χ2n) is 4.65. The maximum atomic E-state index is 13.1. The number of hydrogen-bond donors (Lipinski definition) is 0. The highest BCUT2D eigenvalue weighted by Gasteiger charge is 2.12. The third kappa shape index (κ3) is 2.94. The number of rotatable bonds is 2. The summed E-state index contributed by atoms with van der Waals surface area (Å²) in [5, 5.41) is 0. The van der Waals surface area contributed by atoms with E-state index in [1.54, 1.807) is 10.8 Å². The SMILES string of the molecule is FC1=Cn2cc(CCC#Cc3ccccn3)nc2CC1. The van der Waals surface area contributed by atoms with Crippen molar-refractivity contribution in [3.63, 3.8) is 0 Å². The van der Waals surface area contributed by atoms with Crippen molar-refractivity contribution in [3.05, 3.63) is 53.6 Å². The molecule has 3 heterocycles. The van der Waals surface area contributed by atoms with Gasteiger partial charge < -0.3 is 4.57 Å². The fourth-order valence-corrected chi connectivity index (χ4v) is 2.13. The Balaban J connectivity index is 1.62. The van der Waals surface area contributed by atoms with Crippen LogP contribution in [-0.4, -0.2) is 14.5 Å². The molecule has 0 spiro atoms. The smallest absolute Gasteiger partial charge is 0.117 e. The molecule has 20 heavy (non-hydrogen) atoms. The van der Waals surface area contributed by atoms with Crippen molar-refractivity contribution >= 4 is 6.20 Å². The molecule has 0 saturated carbocycles. The average Bonchev–Trinajstić information content (AvgIpc) is 2.86. The first kappa shape index (κ1) is 12.6. The Labute approximate surface area is 117 Å². The molecule has 0 radical (unpaired) electrons. The first-order chi connectivity index (χ1) is 9.81. The van der Waals surface area contributed by atoms with Crippen molar-refractivity contribution in [1.29, 1.82) is 0 Å². The largest absolute Gasteiger partial charge is 0.308 e. The average molecular weight is 267 g/mol. The molecule has 1 aliphatic heterocycles. The number of aromatic nitrogens is 3. The molecule has 2 aromatic rings. The summed E-state index contributed by atoms with van der Waals surface area (Å²) in [5.41, 5.74) is 1.74. The maximum absolute atomic E-state index is 13.1. The van der Waals surface area contributed by atoms with Gasteiger partial charge in [-0.05, 0) is 18.1 Å². The van der Waals surface area contributed by atoms with Crippen LogP contribution in [0.15, 0.2) is 36.4 Å². The van der Waals surface area contributed by atoms with Gasteiger partial charge in [0.25, 0.3) is 0 Å². The lowest BCUT2D eigenvalue weighted by molar-refractivity contribution is 0.570. The van der Waals surface area contributed by atoms with Gasteiger partial charge in [-0.3, -0.25) is 0 Å². The number of allylic oxidation sites excluding steroid dienone is 1. The Hall–Kier alpha value is -2.41. The standard InChI is InChI=1S/C16H14FN3/c17-13-8-9-16-19-15(12-20(16)11-13)7-2-1-5-14-6-3-4-10-18-14/h3-4,6,10-12H,2,7-9H2. The summed E-state index contributed by atoms with van der Waals surface area (Å²) in [6.07, 6.45) is 7.74. The second-order valence-corrected chi connectivity index (χ2v) is 4.65. The Bertz CT molecular complexity index is 690. The number of pyridine rings is 1. The summed E-state index contributed by atoms with van der Waals surface area (Å²) in [6.45, 7) is 0. The molecular formula is C16H14FN3. The molecule has 0 atom stereocenters. The lowest BCUT2D eigenvalue weighted by atomic mass is 10.2. The number of halogens is 1. The minimum Gasteiger partial charge on any atom is -0.308 e. The van der Waals surface area contributed by atoms with Crippen LogP contribution in [0, 0.1) is 11.8 Å². The Morgan fingerprint density at radius 1 is 1.30 bits per heavy atom. The molecule has 0 unspecified atom stereocenters. The van der Waals surface area contributed by atoms with Crippen LogP contribution in [0.3, 0.4) is 0 Å². The molecule has 4 heteroatoms. The molecule has 0 fully saturated rings. The fourth-order valence-electron chi connectivity index (χ4n) is 2.13. The van der Waals surface area contributed by atoms with Crippen LogP contribution in [0.1, 0.15) is 30.1 Å². The second kappa shape index (κ2) is 5.70. The van der Waals surface area contributed by atoms with Crippen molar-refractivity contribution in [2.45, 2.75) is 25.7 Å². The Kier molecular flexibility index (Phi) is 3.60. The fraction of sp³-hybridized carbons (Fsp3) is 0.250. The minimum absolute atomic E-state index is 0.0867. The monoisotopic (exact) mass is 267 g/mol. The van der Waals surface area contributed by atoms with Gasteiger partial charge in [0.05, 0.1) is 5.69 Å². The van der Waals surface area contributed by atoms with Crippen LogP contribution in [0.2, 0.25) is 0 Å². The maximum Gasteiger partial charge on any atom is 0.117 e. The van der Waals surface area contributed by atoms with E-state index < -0.39 is 0 Å².